The fourth-order valence-electron chi connectivity index (χ4n) is 2.39. The molecule has 0 bridgehead atoms. The van der Waals surface area contributed by atoms with Crippen LogP contribution in [0.15, 0.2) is 24.3 Å². The summed E-state index contributed by atoms with van der Waals surface area (Å²) < 4.78 is 22.9. The van der Waals surface area contributed by atoms with Crippen LogP contribution in [0.3, 0.4) is 0 Å². The highest BCUT2D eigenvalue weighted by Gasteiger charge is 2.21. The normalized spacial score (nSPS) is 20.2. The summed E-state index contributed by atoms with van der Waals surface area (Å²) >= 11 is 0. The molecule has 0 spiro atoms. The summed E-state index contributed by atoms with van der Waals surface area (Å²) in [6, 6.07) is 8.68. The fraction of sp³-hybridized carbons (Fsp3) is 0.571. The van der Waals surface area contributed by atoms with E-state index < -0.39 is 9.84 Å². The molecule has 5 heteroatoms. The lowest BCUT2D eigenvalue weighted by Crippen LogP contribution is -2.40. The summed E-state index contributed by atoms with van der Waals surface area (Å²) in [4.78, 5) is 2.16. The number of nitrogens with one attached hydrogen (secondary N) is 1. The molecule has 0 aromatic heterocycles. The first-order valence-electron chi connectivity index (χ1n) is 6.80. The van der Waals surface area contributed by atoms with E-state index in [0.29, 0.717) is 19.1 Å². The summed E-state index contributed by atoms with van der Waals surface area (Å²) in [6.45, 7) is 6.37. The van der Waals surface area contributed by atoms with Gasteiger partial charge < -0.3 is 10.2 Å². The van der Waals surface area contributed by atoms with Crippen molar-refractivity contribution in [2.75, 3.05) is 36.0 Å². The number of benzene rings is 1. The molecule has 0 aliphatic carbocycles. The third-order valence-corrected chi connectivity index (χ3v) is 5.20. The van der Waals surface area contributed by atoms with E-state index in [1.165, 1.54) is 5.56 Å². The zero-order valence-corrected chi connectivity index (χ0v) is 12.4. The molecule has 1 heterocycles. The first-order chi connectivity index (χ1) is 9.02. The molecule has 1 aromatic rings. The van der Waals surface area contributed by atoms with E-state index >= 15 is 0 Å². The average molecular weight is 282 g/mol. The van der Waals surface area contributed by atoms with Crippen molar-refractivity contribution in [2.45, 2.75) is 19.9 Å². The molecule has 1 N–H and O–H groups in total. The van der Waals surface area contributed by atoms with E-state index in [9.17, 15) is 8.42 Å². The first-order valence-corrected chi connectivity index (χ1v) is 8.62. The Morgan fingerprint density at radius 2 is 2.00 bits per heavy atom. The predicted molar refractivity (Wildman–Crippen MR) is 79.4 cm³/mol. The molecule has 0 amide bonds. The first kappa shape index (κ1) is 14.3. The van der Waals surface area contributed by atoms with Gasteiger partial charge in [-0.15, -0.1) is 0 Å². The van der Waals surface area contributed by atoms with Gasteiger partial charge in [0, 0.05) is 24.8 Å². The highest BCUT2D eigenvalue weighted by molar-refractivity contribution is 7.91. The molecule has 1 atom stereocenters. The van der Waals surface area contributed by atoms with Crippen LogP contribution in [0.5, 0.6) is 0 Å². The number of nitrogens with zero attached hydrogens (tertiary/aromatic N) is 1. The van der Waals surface area contributed by atoms with E-state index in [4.69, 9.17) is 0 Å². The van der Waals surface area contributed by atoms with Gasteiger partial charge in [-0.2, -0.15) is 0 Å². The van der Waals surface area contributed by atoms with Gasteiger partial charge in [-0.05, 0) is 31.2 Å². The number of hydrogen-bond donors (Lipinski definition) is 1. The van der Waals surface area contributed by atoms with Crippen LogP contribution in [-0.2, 0) is 9.84 Å². The van der Waals surface area contributed by atoms with E-state index in [1.807, 2.05) is 6.07 Å². The molecule has 1 fully saturated rings. The lowest BCUT2D eigenvalue weighted by Gasteiger charge is -2.29. The van der Waals surface area contributed by atoms with Crippen molar-refractivity contribution in [1.82, 2.24) is 5.32 Å². The summed E-state index contributed by atoms with van der Waals surface area (Å²) in [5, 5.41) is 3.39. The molecule has 1 aromatic carbocycles. The molecular formula is C14H22N2O2S. The van der Waals surface area contributed by atoms with E-state index in [-0.39, 0.29) is 11.5 Å². The number of anilines is 1. The highest BCUT2D eigenvalue weighted by atomic mass is 32.2. The van der Waals surface area contributed by atoms with Gasteiger partial charge in [0.05, 0.1) is 11.5 Å². The molecular weight excluding hydrogens is 260 g/mol. The average Bonchev–Trinajstić information content (AvgIpc) is 2.39. The molecule has 4 nitrogen and oxygen atoms in total. The third-order valence-electron chi connectivity index (χ3n) is 3.59. The summed E-state index contributed by atoms with van der Waals surface area (Å²) in [6.07, 6.45) is 0. The number of rotatable bonds is 4. The second-order valence-corrected chi connectivity index (χ2v) is 7.32. The minimum absolute atomic E-state index is 0.264. The molecule has 0 saturated carbocycles. The number of sulfone groups is 1. The van der Waals surface area contributed by atoms with Crippen LogP contribution in [-0.4, -0.2) is 39.6 Å². The van der Waals surface area contributed by atoms with Crippen molar-refractivity contribution < 1.29 is 8.42 Å². The monoisotopic (exact) mass is 282 g/mol. The third kappa shape index (κ3) is 3.70. The topological polar surface area (TPSA) is 49.4 Å². The maximum atomic E-state index is 11.5. The molecule has 0 radical (unpaired) electrons. The van der Waals surface area contributed by atoms with Crippen LogP contribution in [0, 0.1) is 0 Å². The molecule has 1 aliphatic rings. The van der Waals surface area contributed by atoms with Crippen molar-refractivity contribution in [3.8, 4) is 0 Å². The van der Waals surface area contributed by atoms with Crippen molar-refractivity contribution in [3.05, 3.63) is 29.8 Å². The molecule has 19 heavy (non-hydrogen) atoms. The largest absolute Gasteiger partial charge is 0.369 e. The van der Waals surface area contributed by atoms with Crippen LogP contribution in [0.2, 0.25) is 0 Å². The minimum Gasteiger partial charge on any atom is -0.369 e. The zero-order valence-electron chi connectivity index (χ0n) is 11.6. The SMILES string of the molecule is CCNC(C)c1cccc(N2CCS(=O)(=O)CC2)c1. The maximum Gasteiger partial charge on any atom is 0.153 e. The van der Waals surface area contributed by atoms with Crippen molar-refractivity contribution >= 4 is 15.5 Å². The Kier molecular flexibility index (Phi) is 4.47. The van der Waals surface area contributed by atoms with Gasteiger partial charge in [0.25, 0.3) is 0 Å². The van der Waals surface area contributed by atoms with Gasteiger partial charge in [0.15, 0.2) is 9.84 Å². The van der Waals surface area contributed by atoms with Crippen LogP contribution in [0.25, 0.3) is 0 Å². The Balaban J connectivity index is 2.11. The predicted octanol–water partition coefficient (Wildman–Crippen LogP) is 1.59. The van der Waals surface area contributed by atoms with Crippen LogP contribution < -0.4 is 10.2 Å². The summed E-state index contributed by atoms with van der Waals surface area (Å²) in [5.74, 6) is 0.528. The smallest absolute Gasteiger partial charge is 0.153 e. The molecule has 1 unspecified atom stereocenters. The second-order valence-electron chi connectivity index (χ2n) is 5.01. The van der Waals surface area contributed by atoms with Gasteiger partial charge in [-0.3, -0.25) is 0 Å². The fourth-order valence-corrected chi connectivity index (χ4v) is 3.59. The minimum atomic E-state index is -2.81. The molecule has 1 aliphatic heterocycles. The van der Waals surface area contributed by atoms with Crippen molar-refractivity contribution in [3.63, 3.8) is 0 Å². The quantitative estimate of drug-likeness (QED) is 0.911. The Morgan fingerprint density at radius 1 is 1.32 bits per heavy atom. The van der Waals surface area contributed by atoms with Gasteiger partial charge in [0.1, 0.15) is 0 Å². The van der Waals surface area contributed by atoms with Crippen LogP contribution in [0.1, 0.15) is 25.5 Å². The van der Waals surface area contributed by atoms with Crippen molar-refractivity contribution in [1.29, 1.82) is 0 Å². The Labute approximate surface area is 115 Å². The summed E-state index contributed by atoms with van der Waals surface area (Å²) in [5.41, 5.74) is 2.37. The van der Waals surface area contributed by atoms with Crippen LogP contribution >= 0.6 is 0 Å². The lowest BCUT2D eigenvalue weighted by molar-refractivity contribution is 0.586. The van der Waals surface area contributed by atoms with Gasteiger partial charge >= 0.3 is 0 Å². The molecule has 1 saturated heterocycles. The van der Waals surface area contributed by atoms with Gasteiger partial charge in [0.2, 0.25) is 0 Å². The van der Waals surface area contributed by atoms with Gasteiger partial charge in [-0.25, -0.2) is 8.42 Å². The summed E-state index contributed by atoms with van der Waals surface area (Å²) in [7, 11) is -2.81. The molecule has 2 rings (SSSR count). The second kappa shape index (κ2) is 5.92. The maximum absolute atomic E-state index is 11.5. The molecule has 106 valence electrons. The van der Waals surface area contributed by atoms with Crippen LogP contribution in [0.4, 0.5) is 5.69 Å². The Bertz CT molecular complexity index is 514. The van der Waals surface area contributed by atoms with Gasteiger partial charge in [-0.1, -0.05) is 19.1 Å². The zero-order chi connectivity index (χ0) is 13.9. The Morgan fingerprint density at radius 3 is 2.63 bits per heavy atom. The lowest BCUT2D eigenvalue weighted by atomic mass is 10.1. The van der Waals surface area contributed by atoms with Crippen molar-refractivity contribution in [2.24, 2.45) is 0 Å². The van der Waals surface area contributed by atoms with E-state index in [0.717, 1.165) is 12.2 Å². The van der Waals surface area contributed by atoms with E-state index in [2.05, 4.69) is 42.3 Å². The standard InChI is InChI=1S/C14H22N2O2S/c1-3-15-12(2)13-5-4-6-14(11-13)16-7-9-19(17,18)10-8-16/h4-6,11-12,15H,3,7-10H2,1-2H3. The Hall–Kier alpha value is -1.07. The van der Waals surface area contributed by atoms with E-state index in [1.54, 1.807) is 0 Å². The number of hydrogen-bond acceptors (Lipinski definition) is 4. The highest BCUT2D eigenvalue weighted by Crippen LogP contribution is 2.22.